The van der Waals surface area contributed by atoms with E-state index in [-0.39, 0.29) is 5.78 Å². The van der Waals surface area contributed by atoms with Crippen LogP contribution in [0.15, 0.2) is 31.4 Å². The lowest BCUT2D eigenvalue weighted by atomic mass is 10.4. The zero-order chi connectivity index (χ0) is 7.40. The van der Waals surface area contributed by atoms with Crippen LogP contribution in [0.2, 0.25) is 0 Å². The number of imidazole rings is 1. The number of nitrogens with zero attached hydrogens (tertiary/aromatic N) is 2. The third kappa shape index (κ3) is 1.55. The molecule has 52 valence electrons. The monoisotopic (exact) mass is 136 g/mol. The van der Waals surface area contributed by atoms with Crippen molar-refractivity contribution in [3.63, 3.8) is 0 Å². The molecule has 1 rings (SSSR count). The molecular weight excluding hydrogens is 128 g/mol. The molecule has 0 N–H and O–H groups in total. The average molecular weight is 136 g/mol. The Morgan fingerprint density at radius 2 is 2.60 bits per heavy atom. The molecule has 0 aliphatic heterocycles. The van der Waals surface area contributed by atoms with Gasteiger partial charge in [0.2, 0.25) is 0 Å². The molecule has 0 amide bonds. The number of allylic oxidation sites excluding steroid dienone is 1. The van der Waals surface area contributed by atoms with Gasteiger partial charge in [0.15, 0.2) is 5.78 Å². The van der Waals surface area contributed by atoms with E-state index in [1.165, 1.54) is 6.08 Å². The van der Waals surface area contributed by atoms with Crippen LogP contribution < -0.4 is 0 Å². The van der Waals surface area contributed by atoms with Crippen molar-refractivity contribution in [2.75, 3.05) is 0 Å². The second-order valence-electron chi connectivity index (χ2n) is 1.91. The van der Waals surface area contributed by atoms with Crippen molar-refractivity contribution in [1.29, 1.82) is 0 Å². The predicted octanol–water partition coefficient (Wildman–Crippen LogP) is 0.638. The number of ketones is 1. The lowest BCUT2D eigenvalue weighted by Crippen LogP contribution is -2.04. The maximum Gasteiger partial charge on any atom is 0.174 e. The molecule has 0 spiro atoms. The van der Waals surface area contributed by atoms with Crippen LogP contribution in [-0.4, -0.2) is 15.3 Å². The Morgan fingerprint density at radius 3 is 3.10 bits per heavy atom. The summed E-state index contributed by atoms with van der Waals surface area (Å²) in [5, 5.41) is 0. The third-order valence-electron chi connectivity index (χ3n) is 1.13. The van der Waals surface area contributed by atoms with Crippen molar-refractivity contribution in [3.8, 4) is 0 Å². The molecule has 0 saturated carbocycles. The van der Waals surface area contributed by atoms with Crippen molar-refractivity contribution < 1.29 is 4.79 Å². The van der Waals surface area contributed by atoms with Gasteiger partial charge in [0.25, 0.3) is 0 Å². The number of hydrogen-bond donors (Lipinski definition) is 0. The molecule has 10 heavy (non-hydrogen) atoms. The molecule has 0 saturated heterocycles. The zero-order valence-corrected chi connectivity index (χ0v) is 5.53. The first kappa shape index (κ1) is 6.74. The van der Waals surface area contributed by atoms with Crippen LogP contribution in [0.25, 0.3) is 0 Å². The van der Waals surface area contributed by atoms with Crippen LogP contribution in [0.1, 0.15) is 0 Å². The zero-order valence-electron chi connectivity index (χ0n) is 5.53. The van der Waals surface area contributed by atoms with Gasteiger partial charge in [0.05, 0.1) is 12.9 Å². The van der Waals surface area contributed by atoms with Gasteiger partial charge in [0, 0.05) is 12.4 Å². The Morgan fingerprint density at radius 1 is 1.80 bits per heavy atom. The Hall–Kier alpha value is -1.38. The van der Waals surface area contributed by atoms with E-state index in [4.69, 9.17) is 0 Å². The van der Waals surface area contributed by atoms with E-state index in [1.54, 1.807) is 23.3 Å². The van der Waals surface area contributed by atoms with Gasteiger partial charge in [-0.15, -0.1) is 0 Å². The quantitative estimate of drug-likeness (QED) is 0.571. The normalized spacial score (nSPS) is 9.20. The molecule has 3 nitrogen and oxygen atoms in total. The van der Waals surface area contributed by atoms with Gasteiger partial charge in [-0.25, -0.2) is 4.98 Å². The molecule has 0 fully saturated rings. The number of aromatic nitrogens is 2. The fourth-order valence-corrected chi connectivity index (χ4v) is 0.625. The largest absolute Gasteiger partial charge is 0.330 e. The molecule has 0 aromatic carbocycles. The van der Waals surface area contributed by atoms with Crippen LogP contribution in [0, 0.1) is 0 Å². The van der Waals surface area contributed by atoms with Gasteiger partial charge in [-0.2, -0.15) is 0 Å². The molecule has 1 aromatic rings. The number of hydrogen-bond acceptors (Lipinski definition) is 2. The van der Waals surface area contributed by atoms with E-state index in [0.717, 1.165) is 0 Å². The van der Waals surface area contributed by atoms with Crippen LogP contribution in [0.3, 0.4) is 0 Å². The maximum atomic E-state index is 10.7. The topological polar surface area (TPSA) is 34.9 Å². The minimum Gasteiger partial charge on any atom is -0.330 e. The summed E-state index contributed by atoms with van der Waals surface area (Å²) in [5.41, 5.74) is 0. The summed E-state index contributed by atoms with van der Waals surface area (Å²) in [7, 11) is 0. The van der Waals surface area contributed by atoms with Crippen molar-refractivity contribution in [2.24, 2.45) is 0 Å². The highest BCUT2D eigenvalue weighted by Gasteiger charge is 1.94. The second kappa shape index (κ2) is 2.96. The van der Waals surface area contributed by atoms with Gasteiger partial charge < -0.3 is 4.57 Å². The molecule has 0 radical (unpaired) electrons. The summed E-state index contributed by atoms with van der Waals surface area (Å²) < 4.78 is 1.70. The van der Waals surface area contributed by atoms with E-state index in [9.17, 15) is 4.79 Å². The summed E-state index contributed by atoms with van der Waals surface area (Å²) in [5.74, 6) is -0.00185. The highest BCUT2D eigenvalue weighted by Crippen LogP contribution is 1.86. The first-order valence-corrected chi connectivity index (χ1v) is 2.94. The molecule has 0 unspecified atom stereocenters. The van der Waals surface area contributed by atoms with Crippen molar-refractivity contribution >= 4 is 5.78 Å². The molecule has 0 aliphatic carbocycles. The number of carbonyl (C=O) groups excluding carboxylic acids is 1. The summed E-state index contributed by atoms with van der Waals surface area (Å²) in [6, 6.07) is 0. The fourth-order valence-electron chi connectivity index (χ4n) is 0.625. The van der Waals surface area contributed by atoms with Crippen LogP contribution in [-0.2, 0) is 11.3 Å². The standard InChI is InChI=1S/C7H8N2O/c1-2-7(10)5-9-4-3-8-6-9/h2-4,6H,1,5H2. The average Bonchev–Trinajstić information content (AvgIpc) is 2.40. The second-order valence-corrected chi connectivity index (χ2v) is 1.91. The maximum absolute atomic E-state index is 10.7. The summed E-state index contributed by atoms with van der Waals surface area (Å²) >= 11 is 0. The van der Waals surface area contributed by atoms with E-state index >= 15 is 0 Å². The Labute approximate surface area is 59.0 Å². The van der Waals surface area contributed by atoms with Gasteiger partial charge in [-0.05, 0) is 6.08 Å². The summed E-state index contributed by atoms with van der Waals surface area (Å²) in [6.07, 6.45) is 6.28. The van der Waals surface area contributed by atoms with E-state index in [0.29, 0.717) is 6.54 Å². The molecular formula is C7H8N2O. The van der Waals surface area contributed by atoms with Crippen molar-refractivity contribution in [2.45, 2.75) is 6.54 Å². The first-order chi connectivity index (χ1) is 4.83. The minimum atomic E-state index is -0.00185. The smallest absolute Gasteiger partial charge is 0.174 e. The first-order valence-electron chi connectivity index (χ1n) is 2.94. The molecule has 1 heterocycles. The number of rotatable bonds is 3. The predicted molar refractivity (Wildman–Crippen MR) is 37.4 cm³/mol. The summed E-state index contributed by atoms with van der Waals surface area (Å²) in [4.78, 5) is 14.5. The lowest BCUT2D eigenvalue weighted by Gasteiger charge is -1.94. The highest BCUT2D eigenvalue weighted by atomic mass is 16.1. The Bertz CT molecular complexity index is 226. The Kier molecular flexibility index (Phi) is 1.99. The van der Waals surface area contributed by atoms with Gasteiger partial charge in [0.1, 0.15) is 0 Å². The van der Waals surface area contributed by atoms with E-state index < -0.39 is 0 Å². The fraction of sp³-hybridized carbons (Fsp3) is 0.143. The molecule has 3 heteroatoms. The van der Waals surface area contributed by atoms with Crippen LogP contribution in [0.4, 0.5) is 0 Å². The highest BCUT2D eigenvalue weighted by molar-refractivity contribution is 5.88. The Balaban J connectivity index is 2.56. The van der Waals surface area contributed by atoms with Crippen LogP contribution >= 0.6 is 0 Å². The summed E-state index contributed by atoms with van der Waals surface area (Å²) in [6.45, 7) is 3.69. The van der Waals surface area contributed by atoms with Crippen molar-refractivity contribution in [1.82, 2.24) is 9.55 Å². The van der Waals surface area contributed by atoms with Crippen LogP contribution in [0.5, 0.6) is 0 Å². The molecule has 0 atom stereocenters. The van der Waals surface area contributed by atoms with Crippen molar-refractivity contribution in [3.05, 3.63) is 31.4 Å². The SMILES string of the molecule is C=CC(=O)Cn1ccnc1. The third-order valence-corrected chi connectivity index (χ3v) is 1.13. The lowest BCUT2D eigenvalue weighted by molar-refractivity contribution is -0.115. The number of carbonyl (C=O) groups is 1. The van der Waals surface area contributed by atoms with Gasteiger partial charge >= 0.3 is 0 Å². The minimum absolute atomic E-state index is 0.00185. The van der Waals surface area contributed by atoms with Gasteiger partial charge in [-0.1, -0.05) is 6.58 Å². The molecule has 0 bridgehead atoms. The molecule has 0 aliphatic rings. The van der Waals surface area contributed by atoms with E-state index in [1.807, 2.05) is 0 Å². The molecule has 1 aromatic heterocycles. The van der Waals surface area contributed by atoms with E-state index in [2.05, 4.69) is 11.6 Å². The van der Waals surface area contributed by atoms with Gasteiger partial charge in [-0.3, -0.25) is 4.79 Å².